The maximum Gasteiger partial charge on any atom is 0.0123 e. The van der Waals surface area contributed by atoms with Crippen molar-refractivity contribution < 1.29 is 0 Å². The summed E-state index contributed by atoms with van der Waals surface area (Å²) in [4.78, 5) is 7.99. The summed E-state index contributed by atoms with van der Waals surface area (Å²) in [6.45, 7) is 16.9. The third-order valence-corrected chi connectivity index (χ3v) is 4.99. The summed E-state index contributed by atoms with van der Waals surface area (Å²) < 4.78 is 0. The normalized spacial score (nSPS) is 33.2. The van der Waals surface area contributed by atoms with Crippen LogP contribution in [0.4, 0.5) is 0 Å². The topological polar surface area (TPSA) is 9.72 Å². The Labute approximate surface area is 113 Å². The van der Waals surface area contributed by atoms with Gasteiger partial charge < -0.3 is 4.90 Å². The molecule has 0 aromatic carbocycles. The van der Waals surface area contributed by atoms with Crippen molar-refractivity contribution in [3.8, 4) is 0 Å². The molecule has 0 spiro atoms. The molecular weight excluding hydrogens is 222 g/mol. The highest BCUT2D eigenvalue weighted by atomic mass is 15.3. The van der Waals surface area contributed by atoms with Crippen molar-refractivity contribution >= 4 is 0 Å². The van der Waals surface area contributed by atoms with Gasteiger partial charge in [0.25, 0.3) is 0 Å². The van der Waals surface area contributed by atoms with Crippen LogP contribution in [-0.4, -0.2) is 72.1 Å². The molecule has 2 fully saturated rings. The summed E-state index contributed by atoms with van der Waals surface area (Å²) in [7, 11) is 0. The van der Waals surface area contributed by atoms with E-state index in [0.717, 1.165) is 12.1 Å². The largest absolute Gasteiger partial charge is 0.301 e. The van der Waals surface area contributed by atoms with E-state index in [1.807, 2.05) is 0 Å². The second kappa shape index (κ2) is 6.36. The highest BCUT2D eigenvalue weighted by molar-refractivity contribution is 4.87. The Bertz CT molecular complexity index is 246. The first-order valence-corrected chi connectivity index (χ1v) is 7.84. The number of nitrogens with zero attached hydrogens (tertiary/aromatic N) is 3. The standard InChI is InChI=1S/C15H31N3/c1-5-16-7-6-15(12-14(16)4)18-10-8-17(9-11-18)13(2)3/h13-15H,5-12H2,1-4H3/t14-,15?/m1/s1. The highest BCUT2D eigenvalue weighted by Crippen LogP contribution is 2.22. The van der Waals surface area contributed by atoms with Crippen molar-refractivity contribution in [3.05, 3.63) is 0 Å². The molecule has 1 unspecified atom stereocenters. The van der Waals surface area contributed by atoms with Crippen molar-refractivity contribution in [2.75, 3.05) is 39.3 Å². The van der Waals surface area contributed by atoms with Crippen LogP contribution in [0.25, 0.3) is 0 Å². The fourth-order valence-electron chi connectivity index (χ4n) is 3.62. The van der Waals surface area contributed by atoms with E-state index in [1.54, 1.807) is 0 Å². The molecule has 0 N–H and O–H groups in total. The fraction of sp³-hybridized carbons (Fsp3) is 1.00. The molecule has 2 atom stereocenters. The molecule has 106 valence electrons. The van der Waals surface area contributed by atoms with E-state index in [1.165, 1.54) is 52.1 Å². The number of hydrogen-bond donors (Lipinski definition) is 0. The molecule has 3 nitrogen and oxygen atoms in total. The molecule has 0 aromatic rings. The first kappa shape index (κ1) is 14.3. The van der Waals surface area contributed by atoms with E-state index >= 15 is 0 Å². The van der Waals surface area contributed by atoms with E-state index < -0.39 is 0 Å². The van der Waals surface area contributed by atoms with Gasteiger partial charge in [-0.15, -0.1) is 0 Å². The van der Waals surface area contributed by atoms with Crippen molar-refractivity contribution in [1.82, 2.24) is 14.7 Å². The predicted octanol–water partition coefficient (Wildman–Crippen LogP) is 1.89. The van der Waals surface area contributed by atoms with E-state index in [2.05, 4.69) is 42.4 Å². The minimum absolute atomic E-state index is 0.716. The molecule has 2 heterocycles. The van der Waals surface area contributed by atoms with Crippen LogP contribution in [0.1, 0.15) is 40.5 Å². The van der Waals surface area contributed by atoms with Crippen LogP contribution in [-0.2, 0) is 0 Å². The molecule has 3 heteroatoms. The van der Waals surface area contributed by atoms with Gasteiger partial charge in [-0.2, -0.15) is 0 Å². The van der Waals surface area contributed by atoms with Gasteiger partial charge in [-0.05, 0) is 46.7 Å². The van der Waals surface area contributed by atoms with Crippen LogP contribution in [0.15, 0.2) is 0 Å². The second-order valence-electron chi connectivity index (χ2n) is 6.32. The van der Waals surface area contributed by atoms with Crippen LogP contribution in [0.2, 0.25) is 0 Å². The Morgan fingerprint density at radius 3 is 2.22 bits per heavy atom. The molecule has 2 aliphatic heterocycles. The molecule has 0 aromatic heterocycles. The van der Waals surface area contributed by atoms with Crippen molar-refractivity contribution in [3.63, 3.8) is 0 Å². The Morgan fingerprint density at radius 1 is 1.06 bits per heavy atom. The molecule has 0 aliphatic carbocycles. The van der Waals surface area contributed by atoms with Gasteiger partial charge in [0.05, 0.1) is 0 Å². The van der Waals surface area contributed by atoms with E-state index in [4.69, 9.17) is 0 Å². The molecule has 2 aliphatic rings. The van der Waals surface area contributed by atoms with Crippen LogP contribution in [0, 0.1) is 0 Å². The van der Waals surface area contributed by atoms with E-state index in [-0.39, 0.29) is 0 Å². The summed E-state index contributed by atoms with van der Waals surface area (Å²) >= 11 is 0. The maximum absolute atomic E-state index is 2.75. The van der Waals surface area contributed by atoms with Crippen molar-refractivity contribution in [1.29, 1.82) is 0 Å². The lowest BCUT2D eigenvalue weighted by atomic mass is 9.96. The molecule has 0 bridgehead atoms. The summed E-state index contributed by atoms with van der Waals surface area (Å²) in [5.74, 6) is 0. The highest BCUT2D eigenvalue weighted by Gasteiger charge is 2.30. The summed E-state index contributed by atoms with van der Waals surface area (Å²) in [6, 6.07) is 2.34. The molecule has 18 heavy (non-hydrogen) atoms. The van der Waals surface area contributed by atoms with Gasteiger partial charge >= 0.3 is 0 Å². The monoisotopic (exact) mass is 253 g/mol. The zero-order valence-electron chi connectivity index (χ0n) is 12.7. The summed E-state index contributed by atoms with van der Waals surface area (Å²) in [5, 5.41) is 0. The molecular formula is C15H31N3. The molecule has 0 saturated carbocycles. The Morgan fingerprint density at radius 2 is 1.72 bits per heavy atom. The van der Waals surface area contributed by atoms with Crippen molar-refractivity contribution in [2.24, 2.45) is 0 Å². The third kappa shape index (κ3) is 3.25. The lowest BCUT2D eigenvalue weighted by Gasteiger charge is -2.45. The Hall–Kier alpha value is -0.120. The fourth-order valence-corrected chi connectivity index (χ4v) is 3.62. The lowest BCUT2D eigenvalue weighted by molar-refractivity contribution is 0.0329. The summed E-state index contributed by atoms with van der Waals surface area (Å²) in [5.41, 5.74) is 0. The minimum atomic E-state index is 0.716. The zero-order chi connectivity index (χ0) is 13.1. The number of likely N-dealkylation sites (tertiary alicyclic amines) is 1. The quantitative estimate of drug-likeness (QED) is 0.760. The van der Waals surface area contributed by atoms with Crippen LogP contribution in [0.5, 0.6) is 0 Å². The molecule has 2 rings (SSSR count). The van der Waals surface area contributed by atoms with Crippen LogP contribution in [0.3, 0.4) is 0 Å². The van der Waals surface area contributed by atoms with Gasteiger partial charge in [0.2, 0.25) is 0 Å². The first-order valence-electron chi connectivity index (χ1n) is 7.84. The molecule has 0 radical (unpaired) electrons. The second-order valence-corrected chi connectivity index (χ2v) is 6.32. The van der Waals surface area contributed by atoms with Gasteiger partial charge in [-0.1, -0.05) is 6.92 Å². The maximum atomic E-state index is 2.75. The summed E-state index contributed by atoms with van der Waals surface area (Å²) in [6.07, 6.45) is 2.75. The average molecular weight is 253 g/mol. The lowest BCUT2D eigenvalue weighted by Crippen LogP contribution is -2.55. The molecule has 2 saturated heterocycles. The number of hydrogen-bond acceptors (Lipinski definition) is 3. The van der Waals surface area contributed by atoms with E-state index in [9.17, 15) is 0 Å². The smallest absolute Gasteiger partial charge is 0.0123 e. The number of rotatable bonds is 3. The Balaban J connectivity index is 1.80. The van der Waals surface area contributed by atoms with Crippen molar-refractivity contribution in [2.45, 2.75) is 58.7 Å². The molecule has 0 amide bonds. The predicted molar refractivity (Wildman–Crippen MR) is 78.0 cm³/mol. The SMILES string of the molecule is CCN1CCC(N2CCN(C(C)C)CC2)C[C@H]1C. The van der Waals surface area contributed by atoms with E-state index in [0.29, 0.717) is 6.04 Å². The van der Waals surface area contributed by atoms with Gasteiger partial charge in [-0.25, -0.2) is 0 Å². The Kier molecular flexibility index (Phi) is 5.05. The average Bonchev–Trinajstić information content (AvgIpc) is 2.38. The zero-order valence-corrected chi connectivity index (χ0v) is 12.7. The van der Waals surface area contributed by atoms with Crippen LogP contribution >= 0.6 is 0 Å². The first-order chi connectivity index (χ1) is 8.61. The van der Waals surface area contributed by atoms with Gasteiger partial charge in [0.1, 0.15) is 0 Å². The van der Waals surface area contributed by atoms with Gasteiger partial charge in [0.15, 0.2) is 0 Å². The number of piperazine rings is 1. The van der Waals surface area contributed by atoms with Crippen LogP contribution < -0.4 is 0 Å². The van der Waals surface area contributed by atoms with Gasteiger partial charge in [0, 0.05) is 44.3 Å². The minimum Gasteiger partial charge on any atom is -0.301 e. The van der Waals surface area contributed by atoms with Gasteiger partial charge in [-0.3, -0.25) is 9.80 Å². The number of piperidine rings is 1. The third-order valence-electron chi connectivity index (χ3n) is 4.99.